The molecule has 1 unspecified atom stereocenters. The number of methoxy groups -OCH3 is 1. The van der Waals surface area contributed by atoms with E-state index < -0.39 is 0 Å². The molecule has 0 saturated heterocycles. The minimum absolute atomic E-state index is 0.211. The molecule has 78 valence electrons. The molecule has 1 atom stereocenters. The Morgan fingerprint density at radius 2 is 2.14 bits per heavy atom. The Labute approximate surface area is 85.5 Å². The molecule has 2 nitrogen and oxygen atoms in total. The molecule has 0 spiro atoms. The summed E-state index contributed by atoms with van der Waals surface area (Å²) in [6.45, 7) is 4.31. The summed E-state index contributed by atoms with van der Waals surface area (Å²) in [4.78, 5) is 0. The van der Waals surface area contributed by atoms with E-state index in [4.69, 9.17) is 9.84 Å². The number of hydrogen-bond acceptors (Lipinski definition) is 2. The molecule has 1 N–H and O–H groups in total. The number of aryl methyl sites for hydroxylation is 1. The Bertz CT molecular complexity index is 290. The highest BCUT2D eigenvalue weighted by Crippen LogP contribution is 2.25. The molecule has 0 bridgehead atoms. The van der Waals surface area contributed by atoms with Crippen LogP contribution in [-0.4, -0.2) is 18.8 Å². The fourth-order valence-electron chi connectivity index (χ4n) is 1.63. The van der Waals surface area contributed by atoms with E-state index in [1.54, 1.807) is 7.11 Å². The molecule has 2 heteroatoms. The third kappa shape index (κ3) is 2.26. The molecule has 0 fully saturated rings. The summed E-state index contributed by atoms with van der Waals surface area (Å²) in [5, 5.41) is 9.17. The average Bonchev–Trinajstić information content (AvgIpc) is 2.20. The van der Waals surface area contributed by atoms with Crippen molar-refractivity contribution in [3.05, 3.63) is 29.3 Å². The second kappa shape index (κ2) is 5.01. The first-order valence-corrected chi connectivity index (χ1v) is 4.98. The second-order valence-electron chi connectivity index (χ2n) is 3.52. The molecule has 1 rings (SSSR count). The summed E-state index contributed by atoms with van der Waals surface area (Å²) < 4.78 is 5.18. The van der Waals surface area contributed by atoms with Crippen LogP contribution in [0, 0.1) is 6.92 Å². The summed E-state index contributed by atoms with van der Waals surface area (Å²) in [6, 6.07) is 6.07. The van der Waals surface area contributed by atoms with E-state index in [0.29, 0.717) is 0 Å². The van der Waals surface area contributed by atoms with Gasteiger partial charge in [-0.1, -0.05) is 19.1 Å². The molecule has 0 aromatic heterocycles. The topological polar surface area (TPSA) is 29.5 Å². The van der Waals surface area contributed by atoms with Crippen molar-refractivity contribution < 1.29 is 9.84 Å². The third-order valence-corrected chi connectivity index (χ3v) is 2.60. The lowest BCUT2D eigenvalue weighted by Gasteiger charge is -2.14. The quantitative estimate of drug-likeness (QED) is 0.798. The predicted octanol–water partition coefficient (Wildman–Crippen LogP) is 2.49. The van der Waals surface area contributed by atoms with Gasteiger partial charge in [-0.05, 0) is 30.5 Å². The van der Waals surface area contributed by atoms with Gasteiger partial charge in [-0.3, -0.25) is 0 Å². The van der Waals surface area contributed by atoms with E-state index in [9.17, 15) is 0 Å². The zero-order chi connectivity index (χ0) is 10.6. The number of benzene rings is 1. The van der Waals surface area contributed by atoms with Gasteiger partial charge in [-0.2, -0.15) is 0 Å². The van der Waals surface area contributed by atoms with Crippen molar-refractivity contribution >= 4 is 0 Å². The van der Waals surface area contributed by atoms with E-state index in [1.165, 1.54) is 5.56 Å². The highest BCUT2D eigenvalue weighted by atomic mass is 16.5. The van der Waals surface area contributed by atoms with Crippen LogP contribution in [0.1, 0.15) is 30.4 Å². The highest BCUT2D eigenvalue weighted by molar-refractivity contribution is 5.37. The van der Waals surface area contributed by atoms with E-state index in [0.717, 1.165) is 17.7 Å². The van der Waals surface area contributed by atoms with E-state index in [1.807, 2.05) is 19.1 Å². The van der Waals surface area contributed by atoms with Gasteiger partial charge in [0.15, 0.2) is 0 Å². The molecule has 0 aliphatic carbocycles. The zero-order valence-electron chi connectivity index (χ0n) is 9.08. The second-order valence-corrected chi connectivity index (χ2v) is 3.52. The van der Waals surface area contributed by atoms with Crippen molar-refractivity contribution in [2.24, 2.45) is 0 Å². The number of rotatable bonds is 4. The van der Waals surface area contributed by atoms with E-state index in [-0.39, 0.29) is 12.5 Å². The van der Waals surface area contributed by atoms with Gasteiger partial charge in [-0.25, -0.2) is 0 Å². The van der Waals surface area contributed by atoms with E-state index >= 15 is 0 Å². The normalized spacial score (nSPS) is 12.6. The van der Waals surface area contributed by atoms with E-state index in [2.05, 4.69) is 13.0 Å². The largest absolute Gasteiger partial charge is 0.496 e. The lowest BCUT2D eigenvalue weighted by atomic mass is 9.96. The van der Waals surface area contributed by atoms with Crippen LogP contribution in [-0.2, 0) is 0 Å². The summed E-state index contributed by atoms with van der Waals surface area (Å²) >= 11 is 0. The number of aliphatic hydroxyl groups is 1. The van der Waals surface area contributed by atoms with Gasteiger partial charge in [0.1, 0.15) is 5.75 Å². The first kappa shape index (κ1) is 11.1. The van der Waals surface area contributed by atoms with Crippen molar-refractivity contribution in [3.63, 3.8) is 0 Å². The van der Waals surface area contributed by atoms with Gasteiger partial charge in [0.2, 0.25) is 0 Å². The Balaban J connectivity index is 2.95. The molecule has 0 amide bonds. The maximum atomic E-state index is 9.17. The minimum atomic E-state index is 0.211. The predicted molar refractivity (Wildman–Crippen MR) is 57.8 cm³/mol. The molecule has 0 aliphatic heterocycles. The maximum Gasteiger partial charge on any atom is 0.121 e. The number of ether oxygens (including phenoxy) is 1. The van der Waals surface area contributed by atoms with Crippen LogP contribution in [0.25, 0.3) is 0 Å². The molecule has 14 heavy (non-hydrogen) atoms. The number of aliphatic hydroxyl groups excluding tert-OH is 1. The summed E-state index contributed by atoms with van der Waals surface area (Å²) in [6.07, 6.45) is 0.961. The third-order valence-electron chi connectivity index (χ3n) is 2.60. The molecule has 1 aromatic rings. The van der Waals surface area contributed by atoms with Crippen LogP contribution in [0.3, 0.4) is 0 Å². The van der Waals surface area contributed by atoms with Crippen molar-refractivity contribution in [2.75, 3.05) is 13.7 Å². The standard InChI is InChI=1S/C12H18O2/c1-4-10(8-13)11-5-6-12(14-3)9(2)7-11/h5-7,10,13H,4,8H2,1-3H3. The smallest absolute Gasteiger partial charge is 0.121 e. The van der Waals surface area contributed by atoms with Crippen molar-refractivity contribution in [3.8, 4) is 5.75 Å². The monoisotopic (exact) mass is 194 g/mol. The molecule has 0 heterocycles. The molecule has 1 aromatic carbocycles. The Hall–Kier alpha value is -1.02. The van der Waals surface area contributed by atoms with Gasteiger partial charge < -0.3 is 9.84 Å². The molecular weight excluding hydrogens is 176 g/mol. The van der Waals surface area contributed by atoms with Crippen molar-refractivity contribution in [1.82, 2.24) is 0 Å². The van der Waals surface area contributed by atoms with Crippen LogP contribution in [0.15, 0.2) is 18.2 Å². The van der Waals surface area contributed by atoms with Gasteiger partial charge >= 0.3 is 0 Å². The van der Waals surface area contributed by atoms with Crippen molar-refractivity contribution in [1.29, 1.82) is 0 Å². The fraction of sp³-hybridized carbons (Fsp3) is 0.500. The molecule has 0 aliphatic rings. The maximum absolute atomic E-state index is 9.17. The zero-order valence-corrected chi connectivity index (χ0v) is 9.08. The number of hydrogen-bond donors (Lipinski definition) is 1. The van der Waals surface area contributed by atoms with Crippen LogP contribution in [0.4, 0.5) is 0 Å². The van der Waals surface area contributed by atoms with Crippen LogP contribution >= 0.6 is 0 Å². The summed E-state index contributed by atoms with van der Waals surface area (Å²) in [7, 11) is 1.67. The van der Waals surface area contributed by atoms with Crippen molar-refractivity contribution in [2.45, 2.75) is 26.2 Å². The fourth-order valence-corrected chi connectivity index (χ4v) is 1.63. The first-order chi connectivity index (χ1) is 6.72. The summed E-state index contributed by atoms with van der Waals surface area (Å²) in [5.74, 6) is 1.15. The Kier molecular flexibility index (Phi) is 3.96. The lowest BCUT2D eigenvalue weighted by Crippen LogP contribution is -2.03. The van der Waals surface area contributed by atoms with Gasteiger partial charge in [0, 0.05) is 12.5 Å². The van der Waals surface area contributed by atoms with Gasteiger partial charge in [0.05, 0.1) is 7.11 Å². The van der Waals surface area contributed by atoms with Gasteiger partial charge in [-0.15, -0.1) is 0 Å². The lowest BCUT2D eigenvalue weighted by molar-refractivity contribution is 0.262. The first-order valence-electron chi connectivity index (χ1n) is 4.98. The van der Waals surface area contributed by atoms with Gasteiger partial charge in [0.25, 0.3) is 0 Å². The highest BCUT2D eigenvalue weighted by Gasteiger charge is 2.09. The Morgan fingerprint density at radius 1 is 1.43 bits per heavy atom. The summed E-state index contributed by atoms with van der Waals surface area (Å²) in [5.41, 5.74) is 2.31. The Morgan fingerprint density at radius 3 is 2.57 bits per heavy atom. The molecule has 0 radical (unpaired) electrons. The SMILES string of the molecule is CCC(CO)c1ccc(OC)c(C)c1. The average molecular weight is 194 g/mol. The molecule has 0 saturated carbocycles. The van der Waals surface area contributed by atoms with Crippen LogP contribution < -0.4 is 4.74 Å². The minimum Gasteiger partial charge on any atom is -0.496 e. The van der Waals surface area contributed by atoms with Crippen LogP contribution in [0.5, 0.6) is 5.75 Å². The molecular formula is C12H18O2. The van der Waals surface area contributed by atoms with Crippen LogP contribution in [0.2, 0.25) is 0 Å².